The van der Waals surface area contributed by atoms with Crippen LogP contribution in [0.15, 0.2) is 60.5 Å². The number of methoxy groups -OCH3 is 1. The average Bonchev–Trinajstić information content (AvgIpc) is 3.50. The number of imidazole rings is 1. The van der Waals surface area contributed by atoms with Gasteiger partial charge in [0, 0.05) is 29.6 Å². The summed E-state index contributed by atoms with van der Waals surface area (Å²) >= 11 is 0. The molecule has 0 saturated heterocycles. The number of ether oxygens (including phenoxy) is 2. The van der Waals surface area contributed by atoms with Gasteiger partial charge in [0.1, 0.15) is 22.5 Å². The van der Waals surface area contributed by atoms with Crippen molar-refractivity contribution in [2.45, 2.75) is 45.3 Å². The SMILES string of the molecule is COc1ccc(CN(C(=O)OC(C)(C)C)c2nc3[nH]c(C4C=C(C#N)C=CC4)cc3c3c2ncn3C)cc1. The number of aromatic nitrogens is 4. The Morgan fingerprint density at radius 1 is 1.29 bits per heavy atom. The van der Waals surface area contributed by atoms with E-state index in [-0.39, 0.29) is 12.5 Å². The second-order valence-corrected chi connectivity index (χ2v) is 10.4. The van der Waals surface area contributed by atoms with Crippen LogP contribution in [-0.2, 0) is 18.3 Å². The number of benzene rings is 1. The predicted molar refractivity (Wildman–Crippen MR) is 146 cm³/mol. The first-order chi connectivity index (χ1) is 18.2. The molecule has 1 unspecified atom stereocenters. The molecule has 38 heavy (non-hydrogen) atoms. The zero-order valence-electron chi connectivity index (χ0n) is 22.1. The lowest BCUT2D eigenvalue weighted by atomic mass is 9.94. The van der Waals surface area contributed by atoms with Crippen molar-refractivity contribution in [1.82, 2.24) is 19.5 Å². The number of nitrogens with zero attached hydrogens (tertiary/aromatic N) is 5. The monoisotopic (exact) mass is 510 g/mol. The van der Waals surface area contributed by atoms with Crippen LogP contribution in [0.5, 0.6) is 5.75 Å². The Bertz CT molecular complexity index is 1610. The van der Waals surface area contributed by atoms with Crippen LogP contribution in [0.25, 0.3) is 22.1 Å². The van der Waals surface area contributed by atoms with Gasteiger partial charge in [-0.15, -0.1) is 0 Å². The summed E-state index contributed by atoms with van der Waals surface area (Å²) in [5.41, 5.74) is 3.86. The number of nitrogens with one attached hydrogen (secondary N) is 1. The molecular formula is C29H30N6O3. The van der Waals surface area contributed by atoms with Gasteiger partial charge in [0.2, 0.25) is 0 Å². The Morgan fingerprint density at radius 3 is 2.74 bits per heavy atom. The normalized spacial score (nSPS) is 15.4. The maximum Gasteiger partial charge on any atom is 0.416 e. The van der Waals surface area contributed by atoms with Crippen molar-refractivity contribution in [2.75, 3.05) is 12.0 Å². The second-order valence-electron chi connectivity index (χ2n) is 10.4. The number of amides is 1. The van der Waals surface area contributed by atoms with Crippen molar-refractivity contribution < 1.29 is 14.3 Å². The molecule has 0 spiro atoms. The number of pyridine rings is 1. The molecule has 3 heterocycles. The molecule has 3 aromatic heterocycles. The lowest BCUT2D eigenvalue weighted by molar-refractivity contribution is 0.0577. The van der Waals surface area contributed by atoms with E-state index in [0.717, 1.165) is 34.3 Å². The molecule has 194 valence electrons. The van der Waals surface area contributed by atoms with Crippen LogP contribution in [0.1, 0.15) is 44.4 Å². The Balaban J connectivity index is 1.64. The van der Waals surface area contributed by atoms with Gasteiger partial charge in [0.25, 0.3) is 0 Å². The van der Waals surface area contributed by atoms with E-state index < -0.39 is 11.7 Å². The molecule has 5 rings (SSSR count). The first-order valence-corrected chi connectivity index (χ1v) is 12.4. The van der Waals surface area contributed by atoms with E-state index >= 15 is 0 Å². The number of carbonyl (C=O) groups is 1. The third kappa shape index (κ3) is 4.85. The molecule has 9 nitrogen and oxygen atoms in total. The molecule has 0 aliphatic heterocycles. The molecule has 0 bridgehead atoms. The Labute approximate surface area is 221 Å². The smallest absolute Gasteiger partial charge is 0.416 e. The largest absolute Gasteiger partial charge is 0.497 e. The van der Waals surface area contributed by atoms with Gasteiger partial charge in [-0.2, -0.15) is 5.26 Å². The summed E-state index contributed by atoms with van der Waals surface area (Å²) in [6.45, 7) is 5.74. The number of carbonyl (C=O) groups excluding carboxylic acids is 1. The number of allylic oxidation sites excluding steroid dienone is 4. The molecule has 0 fully saturated rings. The fourth-order valence-electron chi connectivity index (χ4n) is 4.62. The highest BCUT2D eigenvalue weighted by Crippen LogP contribution is 2.35. The number of aryl methyl sites for hydroxylation is 1. The number of nitriles is 1. The van der Waals surface area contributed by atoms with Crippen molar-refractivity contribution in [3.05, 3.63) is 71.7 Å². The van der Waals surface area contributed by atoms with Crippen LogP contribution in [0.3, 0.4) is 0 Å². The fraction of sp³-hybridized carbons (Fsp3) is 0.310. The molecule has 1 aromatic carbocycles. The van der Waals surface area contributed by atoms with E-state index in [4.69, 9.17) is 14.5 Å². The summed E-state index contributed by atoms with van der Waals surface area (Å²) in [6, 6.07) is 11.8. The van der Waals surface area contributed by atoms with E-state index in [1.165, 1.54) is 4.90 Å². The van der Waals surface area contributed by atoms with Crippen LogP contribution in [0.4, 0.5) is 10.6 Å². The fourth-order valence-corrected chi connectivity index (χ4v) is 4.62. The summed E-state index contributed by atoms with van der Waals surface area (Å²) < 4.78 is 13.0. The minimum Gasteiger partial charge on any atom is -0.497 e. The number of aromatic amines is 1. The van der Waals surface area contributed by atoms with E-state index in [2.05, 4.69) is 22.1 Å². The molecule has 0 radical (unpaired) electrons. The highest BCUT2D eigenvalue weighted by Gasteiger charge is 2.29. The molecule has 1 amide bonds. The molecular weight excluding hydrogens is 480 g/mol. The van der Waals surface area contributed by atoms with Crippen molar-refractivity contribution in [2.24, 2.45) is 7.05 Å². The molecule has 1 aliphatic carbocycles. The third-order valence-electron chi connectivity index (χ3n) is 6.41. The molecule has 1 N–H and O–H groups in total. The number of rotatable bonds is 5. The first-order valence-electron chi connectivity index (χ1n) is 12.4. The summed E-state index contributed by atoms with van der Waals surface area (Å²) in [5, 5.41) is 10.3. The zero-order valence-corrected chi connectivity index (χ0v) is 22.1. The maximum absolute atomic E-state index is 13.5. The number of H-pyrrole nitrogens is 1. The predicted octanol–water partition coefficient (Wildman–Crippen LogP) is 5.89. The number of hydrogen-bond donors (Lipinski definition) is 1. The summed E-state index contributed by atoms with van der Waals surface area (Å²) in [5.74, 6) is 1.16. The van der Waals surface area contributed by atoms with E-state index in [9.17, 15) is 10.1 Å². The third-order valence-corrected chi connectivity index (χ3v) is 6.41. The van der Waals surface area contributed by atoms with Crippen LogP contribution >= 0.6 is 0 Å². The molecule has 0 saturated carbocycles. The zero-order chi connectivity index (χ0) is 27.0. The molecule has 9 heteroatoms. The van der Waals surface area contributed by atoms with Crippen LogP contribution in [0, 0.1) is 11.3 Å². The van der Waals surface area contributed by atoms with Gasteiger partial charge in [-0.05, 0) is 57.0 Å². The number of anilines is 1. The van der Waals surface area contributed by atoms with E-state index in [0.29, 0.717) is 22.6 Å². The van der Waals surface area contributed by atoms with Crippen LogP contribution < -0.4 is 9.64 Å². The molecule has 4 aromatic rings. The van der Waals surface area contributed by atoms with E-state index in [1.807, 2.05) is 74.9 Å². The topological polar surface area (TPSA) is 109 Å². The minimum absolute atomic E-state index is 0.0248. The van der Waals surface area contributed by atoms with Crippen LogP contribution in [-0.4, -0.2) is 38.3 Å². The van der Waals surface area contributed by atoms with Gasteiger partial charge in [0.15, 0.2) is 5.82 Å². The van der Waals surface area contributed by atoms with Crippen molar-refractivity contribution in [3.8, 4) is 11.8 Å². The van der Waals surface area contributed by atoms with E-state index in [1.54, 1.807) is 13.4 Å². The standard InChI is InChI=1S/C29H30N6O3/c1-29(2,3)38-28(36)35(16-18-9-11-21(37-5)12-10-18)27-24-25(34(4)17-31-24)22-14-23(32-26(22)33-27)20-8-6-7-19(13-20)15-30/h6-7,9-14,17,20H,8,16H2,1-5H3,(H,32,33). The quantitative estimate of drug-likeness (QED) is 0.358. The highest BCUT2D eigenvalue weighted by atomic mass is 16.6. The Hall–Kier alpha value is -4.58. The summed E-state index contributed by atoms with van der Waals surface area (Å²) in [7, 11) is 3.54. The van der Waals surface area contributed by atoms with Gasteiger partial charge in [-0.3, -0.25) is 4.90 Å². The van der Waals surface area contributed by atoms with Crippen molar-refractivity contribution >= 4 is 34.0 Å². The number of hydrogen-bond acceptors (Lipinski definition) is 6. The van der Waals surface area contributed by atoms with Gasteiger partial charge in [0.05, 0.1) is 31.6 Å². The first kappa shape index (κ1) is 25.1. The summed E-state index contributed by atoms with van der Waals surface area (Å²) in [6.07, 6.45) is 7.79. The van der Waals surface area contributed by atoms with Crippen molar-refractivity contribution in [3.63, 3.8) is 0 Å². The summed E-state index contributed by atoms with van der Waals surface area (Å²) in [4.78, 5) is 28.1. The highest BCUT2D eigenvalue weighted by molar-refractivity contribution is 6.09. The van der Waals surface area contributed by atoms with Gasteiger partial charge in [-0.25, -0.2) is 14.8 Å². The van der Waals surface area contributed by atoms with Crippen molar-refractivity contribution in [1.29, 1.82) is 5.26 Å². The lowest BCUT2D eigenvalue weighted by Crippen LogP contribution is -2.37. The maximum atomic E-state index is 13.5. The minimum atomic E-state index is -0.693. The second kappa shape index (κ2) is 9.71. The average molecular weight is 511 g/mol. The molecule has 1 aliphatic rings. The lowest BCUT2D eigenvalue weighted by Gasteiger charge is -2.27. The Kier molecular flexibility index (Phi) is 6.41. The van der Waals surface area contributed by atoms with Crippen LogP contribution in [0.2, 0.25) is 0 Å². The molecule has 1 atom stereocenters. The van der Waals surface area contributed by atoms with Gasteiger partial charge >= 0.3 is 6.09 Å². The van der Waals surface area contributed by atoms with Gasteiger partial charge < -0.3 is 19.0 Å². The van der Waals surface area contributed by atoms with Gasteiger partial charge in [-0.1, -0.05) is 24.3 Å². The number of fused-ring (bicyclic) bond motifs is 3. The Morgan fingerprint density at radius 2 is 2.05 bits per heavy atom.